The first-order valence-corrected chi connectivity index (χ1v) is 3.94. The van der Waals surface area contributed by atoms with Crippen molar-refractivity contribution in [3.05, 3.63) is 28.0 Å². The second-order valence-corrected chi connectivity index (χ2v) is 2.98. The molecule has 0 saturated carbocycles. The molecule has 70 valence electrons. The summed E-state index contributed by atoms with van der Waals surface area (Å²) in [5, 5.41) is 17.3. The number of carboxylic acid groups (broad SMARTS) is 2. The minimum absolute atomic E-state index is 0. The number of carbonyl (C=O) groups is 2. The van der Waals surface area contributed by atoms with E-state index in [1.54, 1.807) is 0 Å². The van der Waals surface area contributed by atoms with Gasteiger partial charge in [0.15, 0.2) is 5.69 Å². The first-order chi connectivity index (χ1) is 6.04. The number of pyridine rings is 1. The van der Waals surface area contributed by atoms with Gasteiger partial charge in [0.1, 0.15) is 5.56 Å². The van der Waals surface area contributed by atoms with E-state index in [0.29, 0.717) is 0 Å². The van der Waals surface area contributed by atoms with E-state index < -0.39 is 17.6 Å². The zero-order valence-corrected chi connectivity index (χ0v) is 11.5. The third-order valence-electron chi connectivity index (χ3n) is 1.32. The van der Waals surface area contributed by atoms with Crippen LogP contribution in [0.1, 0.15) is 20.8 Å². The Hall–Kier alpha value is -0.807. The average Bonchev–Trinajstić information content (AvgIpc) is 2.02. The molecule has 2 N–H and O–H groups in total. The molecule has 0 spiro atoms. The largest absolute Gasteiger partial charge is 0.478 e. The van der Waals surface area contributed by atoms with Gasteiger partial charge in [-0.2, -0.15) is 0 Å². The van der Waals surface area contributed by atoms with E-state index in [0.717, 1.165) is 0 Å². The van der Waals surface area contributed by atoms with Gasteiger partial charge in [0, 0.05) is 30.1 Å². The molecule has 1 aromatic heterocycles. The number of hydrogen-bond acceptors (Lipinski definition) is 3. The summed E-state index contributed by atoms with van der Waals surface area (Å²) in [7, 11) is 0. The number of halogens is 1. The van der Waals surface area contributed by atoms with E-state index in [9.17, 15) is 9.59 Å². The van der Waals surface area contributed by atoms with Gasteiger partial charge in [0.05, 0.1) is 0 Å². The molecule has 0 radical (unpaired) electrons. The van der Waals surface area contributed by atoms with Gasteiger partial charge >= 0.3 is 11.9 Å². The van der Waals surface area contributed by atoms with Gasteiger partial charge in [-0.1, -0.05) is 0 Å². The molecule has 0 fully saturated rings. The van der Waals surface area contributed by atoms with Crippen LogP contribution in [0.15, 0.2) is 16.7 Å². The molecule has 7 heteroatoms. The summed E-state index contributed by atoms with van der Waals surface area (Å²) in [4.78, 5) is 24.6. The second-order valence-electron chi connectivity index (χ2n) is 2.13. The van der Waals surface area contributed by atoms with Gasteiger partial charge in [0.2, 0.25) is 0 Å². The Morgan fingerprint density at radius 1 is 1.29 bits per heavy atom. The summed E-state index contributed by atoms with van der Waals surface area (Å²) in [5.41, 5.74) is -0.808. The van der Waals surface area contributed by atoms with Gasteiger partial charge in [-0.05, 0) is 22.0 Å². The summed E-state index contributed by atoms with van der Waals surface area (Å²) in [6, 6.07) is 1.37. The molecule has 0 aliphatic carbocycles. The van der Waals surface area contributed by atoms with Gasteiger partial charge in [-0.25, -0.2) is 14.6 Å². The SMILES string of the molecule is O=C(O)c1nccc(Br)c1C(=O)O.[Zn]. The maximum atomic E-state index is 10.6. The van der Waals surface area contributed by atoms with Crippen LogP contribution in [0.3, 0.4) is 0 Å². The molecular formula is C7H4BrNO4Zn. The molecule has 14 heavy (non-hydrogen) atoms. The van der Waals surface area contributed by atoms with Crippen molar-refractivity contribution < 1.29 is 39.3 Å². The first kappa shape index (κ1) is 13.2. The van der Waals surface area contributed by atoms with Crippen LogP contribution < -0.4 is 0 Å². The van der Waals surface area contributed by atoms with E-state index in [4.69, 9.17) is 10.2 Å². The van der Waals surface area contributed by atoms with Crippen molar-refractivity contribution in [1.29, 1.82) is 0 Å². The molecular weight excluding hydrogens is 307 g/mol. The maximum Gasteiger partial charge on any atom is 0.355 e. The number of aromatic carboxylic acids is 2. The molecule has 0 unspecified atom stereocenters. The fourth-order valence-electron chi connectivity index (χ4n) is 0.804. The third kappa shape index (κ3) is 2.59. The van der Waals surface area contributed by atoms with Crippen molar-refractivity contribution in [2.24, 2.45) is 0 Å². The Balaban J connectivity index is 0.00000169. The minimum atomic E-state index is -1.36. The van der Waals surface area contributed by atoms with Crippen molar-refractivity contribution in [3.63, 3.8) is 0 Å². The van der Waals surface area contributed by atoms with Crippen LogP contribution in [-0.4, -0.2) is 27.1 Å². The van der Waals surface area contributed by atoms with Crippen molar-refractivity contribution in [2.45, 2.75) is 0 Å². The first-order valence-electron chi connectivity index (χ1n) is 3.15. The fraction of sp³-hybridized carbons (Fsp3) is 0. The van der Waals surface area contributed by atoms with E-state index in [2.05, 4.69) is 20.9 Å². The number of hydrogen-bond donors (Lipinski definition) is 2. The molecule has 1 aromatic rings. The molecule has 0 aromatic carbocycles. The monoisotopic (exact) mass is 309 g/mol. The Morgan fingerprint density at radius 2 is 1.86 bits per heavy atom. The molecule has 0 atom stereocenters. The van der Waals surface area contributed by atoms with E-state index in [1.165, 1.54) is 12.3 Å². The predicted molar refractivity (Wildman–Crippen MR) is 45.9 cm³/mol. The van der Waals surface area contributed by atoms with Crippen LogP contribution in [0.2, 0.25) is 0 Å². The molecule has 1 rings (SSSR count). The standard InChI is InChI=1S/C7H4BrNO4.Zn/c8-3-1-2-9-5(7(12)13)4(3)6(10)11;/h1-2H,(H,10,11)(H,12,13);. The Morgan fingerprint density at radius 3 is 2.21 bits per heavy atom. The second kappa shape index (κ2) is 5.17. The number of carboxylic acids is 2. The van der Waals surface area contributed by atoms with Gasteiger partial charge in [0.25, 0.3) is 0 Å². The molecule has 0 amide bonds. The smallest absolute Gasteiger partial charge is 0.355 e. The number of rotatable bonds is 2. The summed E-state index contributed by atoms with van der Waals surface area (Å²) in [6.45, 7) is 0. The van der Waals surface area contributed by atoms with Crippen LogP contribution in [0.5, 0.6) is 0 Å². The summed E-state index contributed by atoms with van der Waals surface area (Å²) in [6.07, 6.45) is 1.22. The topological polar surface area (TPSA) is 87.5 Å². The molecule has 0 aliphatic heterocycles. The van der Waals surface area contributed by atoms with Crippen molar-refractivity contribution in [2.75, 3.05) is 0 Å². The third-order valence-corrected chi connectivity index (χ3v) is 1.98. The summed E-state index contributed by atoms with van der Waals surface area (Å²) < 4.78 is 0.201. The van der Waals surface area contributed by atoms with E-state index >= 15 is 0 Å². The van der Waals surface area contributed by atoms with Gasteiger partial charge in [-0.15, -0.1) is 0 Å². The van der Waals surface area contributed by atoms with Crippen molar-refractivity contribution >= 4 is 27.9 Å². The molecule has 1 heterocycles. The quantitative estimate of drug-likeness (QED) is 0.802. The van der Waals surface area contributed by atoms with Gasteiger partial charge in [-0.3, -0.25) is 0 Å². The van der Waals surface area contributed by atoms with Gasteiger partial charge < -0.3 is 10.2 Å². The van der Waals surface area contributed by atoms with Crippen LogP contribution in [0.25, 0.3) is 0 Å². The van der Waals surface area contributed by atoms with Crippen LogP contribution in [0, 0.1) is 0 Å². The van der Waals surface area contributed by atoms with E-state index in [-0.39, 0.29) is 29.5 Å². The number of aromatic nitrogens is 1. The predicted octanol–water partition coefficient (Wildman–Crippen LogP) is 1.24. The Labute approximate surface area is 100 Å². The van der Waals surface area contributed by atoms with Crippen LogP contribution in [0.4, 0.5) is 0 Å². The average molecular weight is 311 g/mol. The minimum Gasteiger partial charge on any atom is -0.478 e. The van der Waals surface area contributed by atoms with Crippen molar-refractivity contribution in [1.82, 2.24) is 4.98 Å². The zero-order chi connectivity index (χ0) is 10.0. The summed E-state index contributed by atoms with van der Waals surface area (Å²) >= 11 is 2.93. The van der Waals surface area contributed by atoms with Crippen molar-refractivity contribution in [3.8, 4) is 0 Å². The Bertz CT molecular complexity index is 382. The number of nitrogens with zero attached hydrogens (tertiary/aromatic N) is 1. The molecule has 0 aliphatic rings. The fourth-order valence-corrected chi connectivity index (χ4v) is 1.28. The van der Waals surface area contributed by atoms with Crippen LogP contribution >= 0.6 is 15.9 Å². The maximum absolute atomic E-state index is 10.6. The summed E-state index contributed by atoms with van der Waals surface area (Å²) in [5.74, 6) is -2.68. The van der Waals surface area contributed by atoms with Crippen LogP contribution in [-0.2, 0) is 19.5 Å². The molecule has 0 saturated heterocycles. The molecule has 0 bridgehead atoms. The molecule has 5 nitrogen and oxygen atoms in total. The van der Waals surface area contributed by atoms with E-state index in [1.807, 2.05) is 0 Å². The normalized spacial score (nSPS) is 8.93. The Kier molecular flexibility index (Phi) is 4.87. The zero-order valence-electron chi connectivity index (χ0n) is 6.90.